The zero-order valence-corrected chi connectivity index (χ0v) is 9.91. The third-order valence-corrected chi connectivity index (χ3v) is 3.50. The van der Waals surface area contributed by atoms with Gasteiger partial charge in [0.05, 0.1) is 22.9 Å². The molecule has 0 bridgehead atoms. The molecule has 0 N–H and O–H groups in total. The van der Waals surface area contributed by atoms with Crippen molar-refractivity contribution in [2.45, 2.75) is 31.8 Å². The van der Waals surface area contributed by atoms with Crippen LogP contribution in [0.3, 0.4) is 0 Å². The first-order chi connectivity index (χ1) is 6.95. The van der Waals surface area contributed by atoms with Crippen molar-refractivity contribution in [1.82, 2.24) is 4.98 Å². The third-order valence-electron chi connectivity index (χ3n) is 1.80. The number of hydrogen-bond donors (Lipinski definition) is 0. The molecule has 0 saturated heterocycles. The van der Waals surface area contributed by atoms with Crippen LogP contribution in [0.2, 0.25) is 0 Å². The topological polar surface area (TPSA) is 56.3 Å². The van der Waals surface area contributed by atoms with E-state index in [-0.39, 0.29) is 16.8 Å². The summed E-state index contributed by atoms with van der Waals surface area (Å²) in [6.07, 6.45) is 2.85. The molecule has 84 valence electrons. The van der Waals surface area contributed by atoms with E-state index in [0.717, 1.165) is 0 Å². The maximum Gasteiger partial charge on any atom is 0.179 e. The van der Waals surface area contributed by atoms with Crippen LogP contribution < -0.4 is 4.74 Å². The van der Waals surface area contributed by atoms with Crippen LogP contribution in [0.15, 0.2) is 23.4 Å². The molecule has 0 amide bonds. The average Bonchev–Trinajstić information content (AvgIpc) is 2.17. The maximum atomic E-state index is 11.5. The first-order valence-corrected chi connectivity index (χ1v) is 6.45. The standard InChI is InChI=1S/C10H15NO3S/c1-4-15(12,13)10-5-9(6-11-7-10)14-8(2)3/h5-8H,4H2,1-3H3. The molecule has 0 saturated carbocycles. The molecule has 5 heteroatoms. The summed E-state index contributed by atoms with van der Waals surface area (Å²) < 4.78 is 28.5. The second kappa shape index (κ2) is 4.61. The first kappa shape index (κ1) is 12.0. The van der Waals surface area contributed by atoms with Gasteiger partial charge in [0.1, 0.15) is 5.75 Å². The second-order valence-corrected chi connectivity index (χ2v) is 5.70. The van der Waals surface area contributed by atoms with Gasteiger partial charge in [-0.3, -0.25) is 4.98 Å². The molecule has 0 radical (unpaired) electrons. The summed E-state index contributed by atoms with van der Waals surface area (Å²) in [7, 11) is -3.20. The number of nitrogens with zero attached hydrogens (tertiary/aromatic N) is 1. The molecule has 0 spiro atoms. The van der Waals surface area contributed by atoms with Gasteiger partial charge in [0, 0.05) is 12.3 Å². The summed E-state index contributed by atoms with van der Waals surface area (Å²) in [5.41, 5.74) is 0. The van der Waals surface area contributed by atoms with E-state index < -0.39 is 9.84 Å². The summed E-state index contributed by atoms with van der Waals surface area (Å²) in [4.78, 5) is 4.06. The van der Waals surface area contributed by atoms with Crippen molar-refractivity contribution in [3.05, 3.63) is 18.5 Å². The Morgan fingerprint density at radius 2 is 2.07 bits per heavy atom. The Morgan fingerprint density at radius 3 is 2.60 bits per heavy atom. The number of pyridine rings is 1. The van der Waals surface area contributed by atoms with Crippen molar-refractivity contribution in [3.63, 3.8) is 0 Å². The lowest BCUT2D eigenvalue weighted by molar-refractivity contribution is 0.241. The van der Waals surface area contributed by atoms with Crippen LogP contribution in [0, 0.1) is 0 Å². The van der Waals surface area contributed by atoms with E-state index in [9.17, 15) is 8.42 Å². The van der Waals surface area contributed by atoms with Crippen molar-refractivity contribution in [2.24, 2.45) is 0 Å². The minimum Gasteiger partial charge on any atom is -0.489 e. The molecule has 4 nitrogen and oxygen atoms in total. The van der Waals surface area contributed by atoms with E-state index in [1.165, 1.54) is 18.5 Å². The van der Waals surface area contributed by atoms with Gasteiger partial charge in [-0.15, -0.1) is 0 Å². The number of aromatic nitrogens is 1. The predicted molar refractivity (Wildman–Crippen MR) is 57.7 cm³/mol. The summed E-state index contributed by atoms with van der Waals surface area (Å²) in [5.74, 6) is 0.555. The van der Waals surface area contributed by atoms with E-state index in [2.05, 4.69) is 4.98 Å². The summed E-state index contributed by atoms with van der Waals surface area (Å²) >= 11 is 0. The summed E-state index contributed by atoms with van der Waals surface area (Å²) in [6, 6.07) is 1.51. The highest BCUT2D eigenvalue weighted by Gasteiger charge is 2.13. The smallest absolute Gasteiger partial charge is 0.179 e. The fourth-order valence-electron chi connectivity index (χ4n) is 1.07. The van der Waals surface area contributed by atoms with E-state index >= 15 is 0 Å². The number of hydrogen-bond acceptors (Lipinski definition) is 4. The van der Waals surface area contributed by atoms with Crippen molar-refractivity contribution in [1.29, 1.82) is 0 Å². The van der Waals surface area contributed by atoms with Crippen LogP contribution in [0.5, 0.6) is 5.75 Å². The Balaban J connectivity index is 3.03. The molecule has 0 atom stereocenters. The SMILES string of the molecule is CCS(=O)(=O)c1cncc(OC(C)C)c1. The van der Waals surface area contributed by atoms with Gasteiger partial charge in [-0.2, -0.15) is 0 Å². The van der Waals surface area contributed by atoms with Gasteiger partial charge in [-0.25, -0.2) is 8.42 Å². The van der Waals surface area contributed by atoms with Gasteiger partial charge in [-0.1, -0.05) is 6.92 Å². The lowest BCUT2D eigenvalue weighted by Crippen LogP contribution is -2.08. The molecule has 0 unspecified atom stereocenters. The number of sulfone groups is 1. The lowest BCUT2D eigenvalue weighted by Gasteiger charge is -2.09. The van der Waals surface area contributed by atoms with Crippen molar-refractivity contribution in [3.8, 4) is 5.75 Å². The van der Waals surface area contributed by atoms with E-state index in [0.29, 0.717) is 5.75 Å². The quantitative estimate of drug-likeness (QED) is 0.788. The molecule has 1 aromatic rings. The van der Waals surface area contributed by atoms with Crippen LogP contribution in [-0.4, -0.2) is 25.3 Å². The molecular weight excluding hydrogens is 214 g/mol. The molecule has 15 heavy (non-hydrogen) atoms. The molecule has 0 aliphatic rings. The minimum atomic E-state index is -3.20. The molecule has 0 aliphatic heterocycles. The predicted octanol–water partition coefficient (Wildman–Crippen LogP) is 1.66. The molecular formula is C10H15NO3S. The zero-order valence-electron chi connectivity index (χ0n) is 9.10. The monoisotopic (exact) mass is 229 g/mol. The highest BCUT2D eigenvalue weighted by atomic mass is 32.2. The summed E-state index contributed by atoms with van der Waals surface area (Å²) in [6.45, 7) is 5.35. The third kappa shape index (κ3) is 3.20. The largest absolute Gasteiger partial charge is 0.489 e. The highest BCUT2D eigenvalue weighted by molar-refractivity contribution is 7.91. The highest BCUT2D eigenvalue weighted by Crippen LogP contribution is 2.17. The van der Waals surface area contributed by atoms with E-state index in [4.69, 9.17) is 4.74 Å². The van der Waals surface area contributed by atoms with Crippen LogP contribution in [0.25, 0.3) is 0 Å². The fourth-order valence-corrected chi connectivity index (χ4v) is 1.92. The molecule has 0 aliphatic carbocycles. The van der Waals surface area contributed by atoms with Crippen molar-refractivity contribution >= 4 is 9.84 Å². The van der Waals surface area contributed by atoms with Gasteiger partial charge in [0.25, 0.3) is 0 Å². The van der Waals surface area contributed by atoms with Crippen LogP contribution in [0.4, 0.5) is 0 Å². The number of ether oxygens (including phenoxy) is 1. The zero-order chi connectivity index (χ0) is 11.5. The van der Waals surface area contributed by atoms with Crippen LogP contribution >= 0.6 is 0 Å². The first-order valence-electron chi connectivity index (χ1n) is 4.80. The Bertz CT molecular complexity index is 426. The Labute approximate surface area is 90.2 Å². The van der Waals surface area contributed by atoms with Crippen molar-refractivity contribution < 1.29 is 13.2 Å². The Morgan fingerprint density at radius 1 is 1.40 bits per heavy atom. The van der Waals surface area contributed by atoms with Crippen molar-refractivity contribution in [2.75, 3.05) is 5.75 Å². The van der Waals surface area contributed by atoms with Gasteiger partial charge in [0.15, 0.2) is 9.84 Å². The van der Waals surface area contributed by atoms with E-state index in [1.54, 1.807) is 6.92 Å². The summed E-state index contributed by atoms with van der Waals surface area (Å²) in [5, 5.41) is 0. The Hall–Kier alpha value is -1.10. The van der Waals surface area contributed by atoms with Crippen LogP contribution in [-0.2, 0) is 9.84 Å². The normalized spacial score (nSPS) is 11.7. The van der Waals surface area contributed by atoms with Gasteiger partial charge in [-0.05, 0) is 13.8 Å². The number of rotatable bonds is 4. The molecule has 1 rings (SSSR count). The average molecular weight is 229 g/mol. The second-order valence-electron chi connectivity index (χ2n) is 3.43. The minimum absolute atomic E-state index is 0.00591. The van der Waals surface area contributed by atoms with E-state index in [1.807, 2.05) is 13.8 Å². The Kier molecular flexibility index (Phi) is 3.68. The molecule has 0 fully saturated rings. The lowest BCUT2D eigenvalue weighted by atomic mass is 10.4. The van der Waals surface area contributed by atoms with Crippen LogP contribution in [0.1, 0.15) is 20.8 Å². The van der Waals surface area contributed by atoms with Gasteiger partial charge < -0.3 is 4.74 Å². The van der Waals surface area contributed by atoms with Gasteiger partial charge in [0.2, 0.25) is 0 Å². The molecule has 1 heterocycles. The fraction of sp³-hybridized carbons (Fsp3) is 0.500. The maximum absolute atomic E-state index is 11.5. The molecule has 1 aromatic heterocycles. The van der Waals surface area contributed by atoms with Gasteiger partial charge >= 0.3 is 0 Å². The molecule has 0 aromatic carbocycles.